The van der Waals surface area contributed by atoms with Crippen LogP contribution in [0.15, 0.2) is 72.9 Å². The van der Waals surface area contributed by atoms with Gasteiger partial charge in [0, 0.05) is 12.8 Å². The highest BCUT2D eigenvalue weighted by Crippen LogP contribution is 2.13. The van der Waals surface area contributed by atoms with Crippen LogP contribution < -0.4 is 10.6 Å². The van der Waals surface area contributed by atoms with E-state index in [2.05, 4.69) is 91.3 Å². The summed E-state index contributed by atoms with van der Waals surface area (Å²) in [6, 6.07) is -1.39. The average molecular weight is 671 g/mol. The molecule has 0 aromatic heterocycles. The Morgan fingerprint density at radius 2 is 1.25 bits per heavy atom. The zero-order valence-electron chi connectivity index (χ0n) is 29.5. The largest absolute Gasteiger partial charge is 0.480 e. The van der Waals surface area contributed by atoms with E-state index in [4.69, 9.17) is 14.9 Å². The molecule has 0 aromatic rings. The number of carbonyl (C=O) groups is 4. The van der Waals surface area contributed by atoms with Gasteiger partial charge in [0.2, 0.25) is 11.8 Å². The number of amides is 2. The van der Waals surface area contributed by atoms with Crippen LogP contribution in [0.3, 0.4) is 0 Å². The fraction of sp³-hybridized carbons (Fsp3) is 0.590. The number of nitrogens with one attached hydrogen (secondary N) is 2. The van der Waals surface area contributed by atoms with Crippen molar-refractivity contribution in [3.8, 4) is 0 Å². The van der Waals surface area contributed by atoms with Crippen LogP contribution in [0.25, 0.3) is 0 Å². The molecule has 0 bridgehead atoms. The van der Waals surface area contributed by atoms with Gasteiger partial charge >= 0.3 is 11.9 Å². The number of aliphatic hydroxyl groups excluding tert-OH is 1. The van der Waals surface area contributed by atoms with Crippen LogP contribution in [-0.2, 0) is 23.9 Å². The molecule has 0 radical (unpaired) electrons. The Hall–Kier alpha value is -3.72. The third-order valence-electron chi connectivity index (χ3n) is 7.17. The van der Waals surface area contributed by atoms with Gasteiger partial charge in [-0.3, -0.25) is 14.4 Å². The van der Waals surface area contributed by atoms with E-state index in [-0.39, 0.29) is 30.9 Å². The topological polar surface area (TPSA) is 142 Å². The van der Waals surface area contributed by atoms with Gasteiger partial charge in [-0.1, -0.05) is 106 Å². The Balaban J connectivity index is 4.21. The molecule has 0 aliphatic carbocycles. The van der Waals surface area contributed by atoms with Gasteiger partial charge in [0.15, 0.2) is 0 Å². The number of allylic oxidation sites excluding steroid dienone is 11. The second-order valence-electron chi connectivity index (χ2n) is 11.6. The molecule has 2 amide bonds. The third kappa shape index (κ3) is 29.7. The highest BCUT2D eigenvalue weighted by atomic mass is 16.5. The van der Waals surface area contributed by atoms with Gasteiger partial charge in [-0.2, -0.15) is 0 Å². The fourth-order valence-corrected chi connectivity index (χ4v) is 4.41. The molecule has 0 aliphatic heterocycles. The van der Waals surface area contributed by atoms with Crippen molar-refractivity contribution in [2.24, 2.45) is 0 Å². The Morgan fingerprint density at radius 3 is 1.83 bits per heavy atom. The Morgan fingerprint density at radius 1 is 0.667 bits per heavy atom. The molecular weight excluding hydrogens is 608 g/mol. The summed E-state index contributed by atoms with van der Waals surface area (Å²) in [5.41, 5.74) is 0. The van der Waals surface area contributed by atoms with Crippen LogP contribution in [0.4, 0.5) is 0 Å². The number of hydrogen-bond acceptors (Lipinski definition) is 6. The van der Waals surface area contributed by atoms with Crippen LogP contribution in [0, 0.1) is 0 Å². The van der Waals surface area contributed by atoms with Gasteiger partial charge in [-0.05, 0) is 76.7 Å². The minimum absolute atomic E-state index is 0.179. The van der Waals surface area contributed by atoms with Gasteiger partial charge in [-0.25, -0.2) is 4.79 Å². The predicted octanol–water partition coefficient (Wildman–Crippen LogP) is 7.58. The van der Waals surface area contributed by atoms with Crippen molar-refractivity contribution in [2.45, 2.75) is 135 Å². The van der Waals surface area contributed by atoms with Crippen LogP contribution in [0.5, 0.6) is 0 Å². The monoisotopic (exact) mass is 670 g/mol. The first kappa shape index (κ1) is 44.3. The first-order valence-corrected chi connectivity index (χ1v) is 17.8. The van der Waals surface area contributed by atoms with Crippen molar-refractivity contribution in [3.05, 3.63) is 72.9 Å². The summed E-state index contributed by atoms with van der Waals surface area (Å²) in [5, 5.41) is 22.4. The zero-order valence-corrected chi connectivity index (χ0v) is 29.5. The maximum Gasteiger partial charge on any atom is 0.328 e. The van der Waals surface area contributed by atoms with Gasteiger partial charge < -0.3 is 25.6 Å². The molecule has 0 aliphatic rings. The van der Waals surface area contributed by atoms with Gasteiger partial charge in [0.25, 0.3) is 0 Å². The lowest BCUT2D eigenvalue weighted by molar-refractivity contribution is -0.147. The van der Waals surface area contributed by atoms with Crippen molar-refractivity contribution in [1.82, 2.24) is 10.6 Å². The van der Waals surface area contributed by atoms with E-state index in [0.29, 0.717) is 12.8 Å². The maximum absolute atomic E-state index is 12.5. The van der Waals surface area contributed by atoms with Crippen LogP contribution in [0.2, 0.25) is 0 Å². The van der Waals surface area contributed by atoms with E-state index >= 15 is 0 Å². The van der Waals surface area contributed by atoms with Crippen molar-refractivity contribution >= 4 is 23.8 Å². The quantitative estimate of drug-likeness (QED) is 0.0351. The normalized spacial score (nSPS) is 13.4. The molecule has 0 rings (SSSR count). The summed E-state index contributed by atoms with van der Waals surface area (Å²) in [6.45, 7) is 3.21. The molecule has 0 aromatic carbocycles. The van der Waals surface area contributed by atoms with Gasteiger partial charge in [0.1, 0.15) is 12.1 Å². The minimum atomic E-state index is -1.39. The molecule has 2 unspecified atom stereocenters. The van der Waals surface area contributed by atoms with Crippen molar-refractivity contribution in [2.75, 3.05) is 13.2 Å². The second kappa shape index (κ2) is 33.2. The molecule has 4 N–H and O–H groups in total. The number of ether oxygens (including phenoxy) is 1. The number of carbonyl (C=O) groups excluding carboxylic acids is 3. The first-order chi connectivity index (χ1) is 23.3. The van der Waals surface area contributed by atoms with E-state index in [9.17, 15) is 19.2 Å². The average Bonchev–Trinajstić information content (AvgIpc) is 3.07. The van der Waals surface area contributed by atoms with Crippen LogP contribution in [0.1, 0.15) is 123 Å². The molecular formula is C39H62N2O7. The summed E-state index contributed by atoms with van der Waals surface area (Å²) in [7, 11) is 0. The lowest BCUT2D eigenvalue weighted by Gasteiger charge is -2.14. The fourth-order valence-electron chi connectivity index (χ4n) is 4.41. The van der Waals surface area contributed by atoms with E-state index < -0.39 is 24.5 Å². The first-order valence-electron chi connectivity index (χ1n) is 17.8. The van der Waals surface area contributed by atoms with E-state index in [1.54, 1.807) is 0 Å². The molecule has 0 saturated carbocycles. The molecule has 0 fully saturated rings. The number of esters is 1. The number of hydrogen-bond donors (Lipinski definition) is 4. The summed E-state index contributed by atoms with van der Waals surface area (Å²) < 4.78 is 5.78. The SMILES string of the molecule is CC/C=C\C/C=C\C/C=C\C/C=C\C/C=C\CCCC(=O)OC(/C=C\CCCC)CCCCCCC(=O)NCC(=O)NC(CO)C(=O)O. The van der Waals surface area contributed by atoms with Gasteiger partial charge in [0.05, 0.1) is 13.2 Å². The van der Waals surface area contributed by atoms with Gasteiger partial charge in [-0.15, -0.1) is 0 Å². The van der Waals surface area contributed by atoms with E-state index in [0.717, 1.165) is 89.9 Å². The molecule has 9 heteroatoms. The number of aliphatic carboxylic acids is 1. The molecule has 0 saturated heterocycles. The molecule has 0 spiro atoms. The Kier molecular flexibility index (Phi) is 30.6. The Labute approximate surface area is 289 Å². The summed E-state index contributed by atoms with van der Waals surface area (Å²) >= 11 is 0. The minimum Gasteiger partial charge on any atom is -0.480 e. The second-order valence-corrected chi connectivity index (χ2v) is 11.6. The summed E-state index contributed by atoms with van der Waals surface area (Å²) in [6.07, 6.45) is 39.7. The summed E-state index contributed by atoms with van der Waals surface area (Å²) in [4.78, 5) is 47.1. The van der Waals surface area contributed by atoms with E-state index in [1.807, 2.05) is 6.08 Å². The number of carboxylic acids is 1. The lowest BCUT2D eigenvalue weighted by Crippen LogP contribution is -2.47. The number of carboxylic acid groups (broad SMARTS) is 1. The standard InChI is InChI=1S/C39H62N2O7/c1-3-5-7-9-10-11-12-13-14-15-16-17-18-19-20-21-27-31-38(45)48-34(28-24-8-6-4-2)29-25-22-23-26-30-36(43)40-32-37(44)41-35(33-42)39(46)47/h5,7,10-11,13-14,16-17,19-20,24,28,34-35,42H,3-4,6,8-9,12,15,18,21-23,25-27,29-33H2,1-2H3,(H,40,43)(H,41,44)(H,46,47)/b7-5-,11-10-,14-13-,17-16-,20-19-,28-24-. The molecule has 0 heterocycles. The Bertz CT molecular complexity index is 1040. The molecule has 2 atom stereocenters. The predicted molar refractivity (Wildman–Crippen MR) is 194 cm³/mol. The van der Waals surface area contributed by atoms with E-state index in [1.165, 1.54) is 0 Å². The van der Waals surface area contributed by atoms with Crippen molar-refractivity contribution in [3.63, 3.8) is 0 Å². The zero-order chi connectivity index (χ0) is 35.5. The van der Waals surface area contributed by atoms with Crippen molar-refractivity contribution in [1.29, 1.82) is 0 Å². The lowest BCUT2D eigenvalue weighted by atomic mass is 10.1. The molecule has 9 nitrogen and oxygen atoms in total. The van der Waals surface area contributed by atoms with Crippen LogP contribution >= 0.6 is 0 Å². The highest BCUT2D eigenvalue weighted by Gasteiger charge is 2.18. The number of rotatable bonds is 30. The highest BCUT2D eigenvalue weighted by molar-refractivity contribution is 5.87. The maximum atomic E-state index is 12.5. The van der Waals surface area contributed by atoms with Crippen LogP contribution in [-0.4, -0.2) is 59.3 Å². The van der Waals surface area contributed by atoms with Crippen molar-refractivity contribution < 1.29 is 34.1 Å². The smallest absolute Gasteiger partial charge is 0.328 e. The third-order valence-corrected chi connectivity index (χ3v) is 7.17. The number of aliphatic hydroxyl groups is 1. The summed E-state index contributed by atoms with van der Waals surface area (Å²) in [5.74, 6) is -2.49. The molecule has 48 heavy (non-hydrogen) atoms. The number of unbranched alkanes of at least 4 members (excludes halogenated alkanes) is 6. The molecule has 270 valence electrons.